The average molecular weight is 362 g/mol. The van der Waals surface area contributed by atoms with E-state index in [1.54, 1.807) is 4.90 Å². The van der Waals surface area contributed by atoms with Crippen LogP contribution in [0.1, 0.15) is 39.6 Å². The first-order valence-corrected chi connectivity index (χ1v) is 9.62. The average Bonchev–Trinajstić information content (AvgIpc) is 3.36. The number of benzene rings is 2. The summed E-state index contributed by atoms with van der Waals surface area (Å²) in [6.45, 7) is 4.75. The van der Waals surface area contributed by atoms with Gasteiger partial charge in [0.15, 0.2) is 0 Å². The Bertz CT molecular complexity index is 956. The molecule has 0 spiro atoms. The zero-order chi connectivity index (χ0) is 18.8. The van der Waals surface area contributed by atoms with Crippen LogP contribution in [0.3, 0.4) is 0 Å². The molecule has 2 N–H and O–H groups in total. The van der Waals surface area contributed by atoms with Crippen LogP contribution >= 0.6 is 0 Å². The fraction of sp³-hybridized carbons (Fsp3) is 0.364. The number of hydrogen-bond donors (Lipinski definition) is 2. The van der Waals surface area contributed by atoms with Crippen molar-refractivity contribution >= 4 is 16.9 Å². The Balaban J connectivity index is 1.43. The highest BCUT2D eigenvalue weighted by atomic mass is 16.2. The molecule has 2 aromatic carbocycles. The van der Waals surface area contributed by atoms with Gasteiger partial charge in [0.1, 0.15) is 5.82 Å². The highest BCUT2D eigenvalue weighted by Gasteiger charge is 2.19. The largest absolute Gasteiger partial charge is 0.342 e. The summed E-state index contributed by atoms with van der Waals surface area (Å²) < 4.78 is 0. The Kier molecular flexibility index (Phi) is 4.94. The lowest BCUT2D eigenvalue weighted by Gasteiger charge is -2.18. The van der Waals surface area contributed by atoms with Crippen LogP contribution < -0.4 is 5.32 Å². The minimum atomic E-state index is 0.0649. The van der Waals surface area contributed by atoms with Gasteiger partial charge in [-0.15, -0.1) is 0 Å². The molecule has 1 unspecified atom stereocenters. The third kappa shape index (κ3) is 3.74. The van der Waals surface area contributed by atoms with Gasteiger partial charge >= 0.3 is 0 Å². The number of aromatic nitrogens is 2. The maximum atomic E-state index is 12.8. The molecule has 1 fully saturated rings. The van der Waals surface area contributed by atoms with E-state index in [9.17, 15) is 4.79 Å². The third-order valence-electron chi connectivity index (χ3n) is 5.46. The molecule has 5 heteroatoms. The van der Waals surface area contributed by atoms with Crippen LogP contribution in [0.15, 0.2) is 42.5 Å². The number of hydrogen-bond acceptors (Lipinski definition) is 3. The van der Waals surface area contributed by atoms with E-state index < -0.39 is 0 Å². The first-order chi connectivity index (χ1) is 13.1. The van der Waals surface area contributed by atoms with Gasteiger partial charge in [-0.05, 0) is 55.1 Å². The van der Waals surface area contributed by atoms with Crippen molar-refractivity contribution in [3.8, 4) is 0 Å². The summed E-state index contributed by atoms with van der Waals surface area (Å²) in [6, 6.07) is 14.2. The van der Waals surface area contributed by atoms with Crippen LogP contribution in [0.25, 0.3) is 11.0 Å². The second-order valence-corrected chi connectivity index (χ2v) is 7.45. The van der Waals surface area contributed by atoms with E-state index in [1.165, 1.54) is 5.56 Å². The lowest BCUT2D eigenvalue weighted by atomic mass is 9.96. The topological polar surface area (TPSA) is 61.0 Å². The number of para-hydroxylation sites is 1. The number of likely N-dealkylation sites (N-methyl/N-ethyl adjacent to an activating group) is 1. The Labute approximate surface area is 159 Å². The van der Waals surface area contributed by atoms with Gasteiger partial charge in [0, 0.05) is 32.1 Å². The van der Waals surface area contributed by atoms with Crippen LogP contribution in [0.5, 0.6) is 0 Å². The monoisotopic (exact) mass is 362 g/mol. The van der Waals surface area contributed by atoms with Crippen molar-refractivity contribution in [1.82, 2.24) is 20.2 Å². The molecule has 1 saturated heterocycles. The SMILES string of the molecule is Cc1cccc2[nH]c(CCN(C)C(=O)c3cccc(C4CCNC4)c3)nc12. The minimum Gasteiger partial charge on any atom is -0.342 e. The summed E-state index contributed by atoms with van der Waals surface area (Å²) in [5.41, 5.74) is 5.25. The zero-order valence-corrected chi connectivity index (χ0v) is 16.0. The molecule has 1 amide bonds. The van der Waals surface area contributed by atoms with E-state index in [-0.39, 0.29) is 5.91 Å². The van der Waals surface area contributed by atoms with Gasteiger partial charge in [-0.1, -0.05) is 24.3 Å². The maximum Gasteiger partial charge on any atom is 0.253 e. The van der Waals surface area contributed by atoms with E-state index in [1.807, 2.05) is 31.3 Å². The number of imidazole rings is 1. The quantitative estimate of drug-likeness (QED) is 0.732. The molecule has 27 heavy (non-hydrogen) atoms. The van der Waals surface area contributed by atoms with Gasteiger partial charge in [-0.2, -0.15) is 0 Å². The summed E-state index contributed by atoms with van der Waals surface area (Å²) >= 11 is 0. The van der Waals surface area contributed by atoms with Crippen LogP contribution in [-0.2, 0) is 6.42 Å². The Morgan fingerprint density at radius 1 is 1.26 bits per heavy atom. The number of nitrogens with zero attached hydrogens (tertiary/aromatic N) is 2. The van der Waals surface area contributed by atoms with Crippen LogP contribution in [0.2, 0.25) is 0 Å². The van der Waals surface area contributed by atoms with Crippen LogP contribution in [0.4, 0.5) is 0 Å². The number of H-pyrrole nitrogens is 1. The smallest absolute Gasteiger partial charge is 0.253 e. The molecular formula is C22H26N4O. The molecule has 0 aliphatic carbocycles. The predicted molar refractivity (Wildman–Crippen MR) is 108 cm³/mol. The highest BCUT2D eigenvalue weighted by molar-refractivity contribution is 5.94. The lowest BCUT2D eigenvalue weighted by molar-refractivity contribution is 0.0796. The molecule has 2 heterocycles. The summed E-state index contributed by atoms with van der Waals surface area (Å²) in [6.07, 6.45) is 1.85. The Morgan fingerprint density at radius 2 is 2.11 bits per heavy atom. The number of aromatic amines is 1. The normalized spacial score (nSPS) is 16.7. The molecule has 0 saturated carbocycles. The number of fused-ring (bicyclic) bond motifs is 1. The van der Waals surface area contributed by atoms with Crippen molar-refractivity contribution in [2.75, 3.05) is 26.7 Å². The zero-order valence-electron chi connectivity index (χ0n) is 16.0. The van der Waals surface area contributed by atoms with Crippen molar-refractivity contribution < 1.29 is 4.79 Å². The van der Waals surface area contributed by atoms with E-state index >= 15 is 0 Å². The van der Waals surface area contributed by atoms with Gasteiger partial charge in [-0.3, -0.25) is 4.79 Å². The van der Waals surface area contributed by atoms with Crippen LogP contribution in [-0.4, -0.2) is 47.5 Å². The number of carbonyl (C=O) groups is 1. The molecule has 3 aromatic rings. The van der Waals surface area contributed by atoms with Gasteiger partial charge < -0.3 is 15.2 Å². The standard InChI is InChI=1S/C22H26N4O/c1-15-5-3-8-19-21(15)25-20(24-19)10-12-26(2)22(27)17-7-4-6-16(13-17)18-9-11-23-14-18/h3-8,13,18,23H,9-12,14H2,1-2H3,(H,24,25). The first kappa shape index (κ1) is 17.7. The maximum absolute atomic E-state index is 12.8. The van der Waals surface area contributed by atoms with Crippen molar-refractivity contribution in [2.45, 2.75) is 25.7 Å². The summed E-state index contributed by atoms with van der Waals surface area (Å²) in [7, 11) is 1.86. The van der Waals surface area contributed by atoms with E-state index in [0.29, 0.717) is 18.9 Å². The first-order valence-electron chi connectivity index (χ1n) is 9.62. The molecule has 1 aliphatic heterocycles. The molecule has 1 aromatic heterocycles. The van der Waals surface area contributed by atoms with Crippen molar-refractivity contribution in [2.24, 2.45) is 0 Å². The van der Waals surface area contributed by atoms with E-state index in [2.05, 4.69) is 40.4 Å². The fourth-order valence-corrected chi connectivity index (χ4v) is 3.81. The molecular weight excluding hydrogens is 336 g/mol. The number of aryl methyl sites for hydroxylation is 1. The summed E-state index contributed by atoms with van der Waals surface area (Å²) in [5.74, 6) is 1.50. The van der Waals surface area contributed by atoms with Gasteiger partial charge in [-0.25, -0.2) is 4.98 Å². The molecule has 140 valence electrons. The summed E-state index contributed by atoms with van der Waals surface area (Å²) in [5, 5.41) is 3.39. The van der Waals surface area contributed by atoms with Crippen molar-refractivity contribution in [3.05, 3.63) is 65.0 Å². The molecule has 1 aliphatic rings. The van der Waals surface area contributed by atoms with Crippen molar-refractivity contribution in [1.29, 1.82) is 0 Å². The minimum absolute atomic E-state index is 0.0649. The van der Waals surface area contributed by atoms with Crippen LogP contribution in [0, 0.1) is 6.92 Å². The fourth-order valence-electron chi connectivity index (χ4n) is 3.81. The number of amides is 1. The van der Waals surface area contributed by atoms with E-state index in [0.717, 1.165) is 47.5 Å². The molecule has 0 radical (unpaired) electrons. The second kappa shape index (κ2) is 7.53. The number of carbonyl (C=O) groups excluding carboxylic acids is 1. The molecule has 4 rings (SSSR count). The summed E-state index contributed by atoms with van der Waals surface area (Å²) in [4.78, 5) is 22.7. The molecule has 0 bridgehead atoms. The van der Waals surface area contributed by atoms with Gasteiger partial charge in [0.05, 0.1) is 11.0 Å². The van der Waals surface area contributed by atoms with Crippen molar-refractivity contribution in [3.63, 3.8) is 0 Å². The lowest BCUT2D eigenvalue weighted by Crippen LogP contribution is -2.29. The Hall–Kier alpha value is -2.66. The number of nitrogens with one attached hydrogen (secondary N) is 2. The Morgan fingerprint density at radius 3 is 2.89 bits per heavy atom. The van der Waals surface area contributed by atoms with Gasteiger partial charge in [0.25, 0.3) is 5.91 Å². The number of rotatable bonds is 5. The molecule has 5 nitrogen and oxygen atoms in total. The highest BCUT2D eigenvalue weighted by Crippen LogP contribution is 2.23. The van der Waals surface area contributed by atoms with Gasteiger partial charge in [0.2, 0.25) is 0 Å². The molecule has 1 atom stereocenters. The second-order valence-electron chi connectivity index (χ2n) is 7.45. The predicted octanol–water partition coefficient (Wildman–Crippen LogP) is 3.26. The van der Waals surface area contributed by atoms with E-state index in [4.69, 9.17) is 0 Å². The third-order valence-corrected chi connectivity index (χ3v) is 5.46.